The van der Waals surface area contributed by atoms with E-state index in [9.17, 15) is 10.1 Å². The number of hydrogen-bond acceptors (Lipinski definition) is 3. The van der Waals surface area contributed by atoms with E-state index in [1.807, 2.05) is 0 Å². The zero-order valence-corrected chi connectivity index (χ0v) is 10.3. The van der Waals surface area contributed by atoms with Gasteiger partial charge in [-0.3, -0.25) is 10.1 Å². The van der Waals surface area contributed by atoms with E-state index < -0.39 is 4.92 Å². The predicted molar refractivity (Wildman–Crippen MR) is 65.1 cm³/mol. The standard InChI is InChI=1S/C12H18N2O3/c1-3-10(2)13-8-9-17-12-6-4-11(5-7-12)14(15)16/h4-7,10,13H,3,8-9H2,1-2H3/p+1/t10-/m0/s1. The number of hydrogen-bond donors (Lipinski definition) is 1. The maximum absolute atomic E-state index is 10.4. The fourth-order valence-electron chi connectivity index (χ4n) is 1.36. The molecule has 5 nitrogen and oxygen atoms in total. The number of non-ortho nitro benzene ring substituents is 1. The summed E-state index contributed by atoms with van der Waals surface area (Å²) in [7, 11) is 0. The highest BCUT2D eigenvalue weighted by Gasteiger charge is 2.05. The number of benzene rings is 1. The predicted octanol–water partition coefficient (Wildman–Crippen LogP) is 1.34. The van der Waals surface area contributed by atoms with Crippen LogP contribution in [0.3, 0.4) is 0 Å². The Kier molecular flexibility index (Phi) is 5.42. The molecule has 1 aromatic carbocycles. The highest BCUT2D eigenvalue weighted by atomic mass is 16.6. The summed E-state index contributed by atoms with van der Waals surface area (Å²) < 4.78 is 5.48. The minimum atomic E-state index is -0.416. The van der Waals surface area contributed by atoms with Gasteiger partial charge in [-0.1, -0.05) is 6.92 Å². The SMILES string of the molecule is CC[C@H](C)[NH2+]CCOc1ccc([N+](=O)[O-])cc1. The van der Waals surface area contributed by atoms with Gasteiger partial charge in [0.25, 0.3) is 5.69 Å². The van der Waals surface area contributed by atoms with Gasteiger partial charge in [0.1, 0.15) is 18.9 Å². The molecule has 5 heteroatoms. The molecule has 0 radical (unpaired) electrons. The van der Waals surface area contributed by atoms with Crippen molar-refractivity contribution in [2.24, 2.45) is 0 Å². The number of nitrogens with zero attached hydrogens (tertiary/aromatic N) is 1. The van der Waals surface area contributed by atoms with Gasteiger partial charge in [-0.15, -0.1) is 0 Å². The lowest BCUT2D eigenvalue weighted by atomic mass is 10.3. The second kappa shape index (κ2) is 6.85. The molecule has 1 rings (SSSR count). The fourth-order valence-corrected chi connectivity index (χ4v) is 1.36. The van der Waals surface area contributed by atoms with Gasteiger partial charge in [0.05, 0.1) is 11.0 Å². The summed E-state index contributed by atoms with van der Waals surface area (Å²) in [5, 5.41) is 12.7. The highest BCUT2D eigenvalue weighted by Crippen LogP contribution is 2.16. The van der Waals surface area contributed by atoms with Gasteiger partial charge in [-0.25, -0.2) is 0 Å². The van der Waals surface area contributed by atoms with Crippen molar-refractivity contribution in [2.75, 3.05) is 13.2 Å². The van der Waals surface area contributed by atoms with Crippen LogP contribution in [0.1, 0.15) is 20.3 Å². The molecule has 0 amide bonds. The minimum absolute atomic E-state index is 0.0866. The lowest BCUT2D eigenvalue weighted by molar-refractivity contribution is -0.686. The molecule has 17 heavy (non-hydrogen) atoms. The summed E-state index contributed by atoms with van der Waals surface area (Å²) in [6, 6.07) is 6.76. The Morgan fingerprint density at radius 1 is 1.41 bits per heavy atom. The summed E-state index contributed by atoms with van der Waals surface area (Å²) in [6.07, 6.45) is 1.14. The average Bonchev–Trinajstić information content (AvgIpc) is 2.34. The van der Waals surface area contributed by atoms with Crippen molar-refractivity contribution in [3.05, 3.63) is 34.4 Å². The van der Waals surface area contributed by atoms with E-state index in [4.69, 9.17) is 4.74 Å². The van der Waals surface area contributed by atoms with E-state index in [0.717, 1.165) is 13.0 Å². The highest BCUT2D eigenvalue weighted by molar-refractivity contribution is 5.35. The quantitative estimate of drug-likeness (QED) is 0.443. The zero-order valence-electron chi connectivity index (χ0n) is 10.3. The molecule has 0 heterocycles. The molecule has 0 fully saturated rings. The van der Waals surface area contributed by atoms with E-state index in [2.05, 4.69) is 19.2 Å². The zero-order chi connectivity index (χ0) is 12.7. The molecular formula is C12H19N2O3+. The molecule has 0 unspecified atom stereocenters. The number of nitro benzene ring substituents is 1. The molecular weight excluding hydrogens is 220 g/mol. The van der Waals surface area contributed by atoms with Crippen molar-refractivity contribution in [1.82, 2.24) is 0 Å². The molecule has 0 spiro atoms. The Morgan fingerprint density at radius 2 is 2.06 bits per heavy atom. The molecule has 0 aliphatic carbocycles. The first-order valence-electron chi connectivity index (χ1n) is 5.84. The van der Waals surface area contributed by atoms with E-state index in [1.165, 1.54) is 12.1 Å². The fraction of sp³-hybridized carbons (Fsp3) is 0.500. The largest absolute Gasteiger partial charge is 0.488 e. The minimum Gasteiger partial charge on any atom is -0.488 e. The van der Waals surface area contributed by atoms with Crippen LogP contribution in [0.2, 0.25) is 0 Å². The van der Waals surface area contributed by atoms with Crippen molar-refractivity contribution in [3.63, 3.8) is 0 Å². The van der Waals surface area contributed by atoms with Gasteiger partial charge in [0.2, 0.25) is 0 Å². The van der Waals surface area contributed by atoms with Crippen LogP contribution in [0.25, 0.3) is 0 Å². The maximum Gasteiger partial charge on any atom is 0.269 e. The van der Waals surface area contributed by atoms with E-state index in [1.54, 1.807) is 12.1 Å². The lowest BCUT2D eigenvalue weighted by Gasteiger charge is -2.09. The molecule has 94 valence electrons. The topological polar surface area (TPSA) is 69.0 Å². The van der Waals surface area contributed by atoms with E-state index >= 15 is 0 Å². The molecule has 0 aliphatic heterocycles. The first-order valence-corrected chi connectivity index (χ1v) is 5.84. The van der Waals surface area contributed by atoms with Gasteiger partial charge in [0.15, 0.2) is 0 Å². The molecule has 0 aliphatic rings. The van der Waals surface area contributed by atoms with Crippen molar-refractivity contribution in [1.29, 1.82) is 0 Å². The third-order valence-corrected chi connectivity index (χ3v) is 2.65. The number of nitro groups is 1. The Bertz CT molecular complexity index is 351. The van der Waals surface area contributed by atoms with Crippen LogP contribution in [0, 0.1) is 10.1 Å². The van der Waals surface area contributed by atoms with Crippen LogP contribution in [0.4, 0.5) is 5.69 Å². The van der Waals surface area contributed by atoms with E-state index in [0.29, 0.717) is 18.4 Å². The summed E-state index contributed by atoms with van der Waals surface area (Å²) in [4.78, 5) is 10.0. The van der Waals surface area contributed by atoms with Crippen LogP contribution < -0.4 is 10.1 Å². The Hall–Kier alpha value is -1.62. The Labute approximate surface area is 101 Å². The van der Waals surface area contributed by atoms with Crippen LogP contribution in [0.5, 0.6) is 5.75 Å². The molecule has 0 saturated heterocycles. The molecule has 1 atom stereocenters. The first-order chi connectivity index (χ1) is 8.13. The number of quaternary nitrogens is 1. The summed E-state index contributed by atoms with van der Waals surface area (Å²) >= 11 is 0. The molecule has 2 N–H and O–H groups in total. The van der Waals surface area contributed by atoms with Gasteiger partial charge in [-0.2, -0.15) is 0 Å². The van der Waals surface area contributed by atoms with Crippen LogP contribution in [0.15, 0.2) is 24.3 Å². The van der Waals surface area contributed by atoms with Crippen LogP contribution >= 0.6 is 0 Å². The third-order valence-electron chi connectivity index (χ3n) is 2.65. The molecule has 0 bridgehead atoms. The van der Waals surface area contributed by atoms with Crippen molar-refractivity contribution < 1.29 is 15.0 Å². The van der Waals surface area contributed by atoms with Crippen molar-refractivity contribution in [3.8, 4) is 5.75 Å². The molecule has 0 saturated carbocycles. The first kappa shape index (κ1) is 13.4. The summed E-state index contributed by atoms with van der Waals surface area (Å²) in [5.41, 5.74) is 0.0866. The van der Waals surface area contributed by atoms with E-state index in [-0.39, 0.29) is 5.69 Å². The Morgan fingerprint density at radius 3 is 2.59 bits per heavy atom. The van der Waals surface area contributed by atoms with Gasteiger partial charge >= 0.3 is 0 Å². The van der Waals surface area contributed by atoms with Crippen LogP contribution in [-0.2, 0) is 0 Å². The van der Waals surface area contributed by atoms with Gasteiger partial charge < -0.3 is 10.1 Å². The third kappa shape index (κ3) is 4.82. The molecule has 1 aromatic rings. The van der Waals surface area contributed by atoms with Gasteiger partial charge in [0, 0.05) is 12.1 Å². The molecule has 0 aromatic heterocycles. The van der Waals surface area contributed by atoms with Crippen molar-refractivity contribution >= 4 is 5.69 Å². The smallest absolute Gasteiger partial charge is 0.269 e. The normalized spacial score (nSPS) is 12.1. The number of rotatable bonds is 7. The van der Waals surface area contributed by atoms with Crippen molar-refractivity contribution in [2.45, 2.75) is 26.3 Å². The number of nitrogens with two attached hydrogens (primary N) is 1. The summed E-state index contributed by atoms with van der Waals surface area (Å²) in [5.74, 6) is 0.674. The van der Waals surface area contributed by atoms with Crippen LogP contribution in [-0.4, -0.2) is 24.1 Å². The maximum atomic E-state index is 10.4. The average molecular weight is 239 g/mol. The second-order valence-electron chi connectivity index (χ2n) is 4.01. The summed E-state index contributed by atoms with van der Waals surface area (Å²) in [6.45, 7) is 5.83. The monoisotopic (exact) mass is 239 g/mol. The second-order valence-corrected chi connectivity index (χ2v) is 4.01. The number of ether oxygens (including phenoxy) is 1. The van der Waals surface area contributed by atoms with Gasteiger partial charge in [-0.05, 0) is 25.5 Å². The lowest BCUT2D eigenvalue weighted by Crippen LogP contribution is -2.90. The Balaban J connectivity index is 2.30.